The third-order valence-electron chi connectivity index (χ3n) is 10.6. The van der Waals surface area contributed by atoms with Gasteiger partial charge in [-0.25, -0.2) is 4.98 Å². The highest BCUT2D eigenvalue weighted by molar-refractivity contribution is 5.28. The molecule has 0 radical (unpaired) electrons. The van der Waals surface area contributed by atoms with E-state index in [1.54, 1.807) is 7.11 Å². The van der Waals surface area contributed by atoms with Crippen LogP contribution >= 0.6 is 0 Å². The van der Waals surface area contributed by atoms with Gasteiger partial charge in [-0.05, 0) is 37.8 Å². The summed E-state index contributed by atoms with van der Waals surface area (Å²) in [5.41, 5.74) is 2.33. The van der Waals surface area contributed by atoms with Gasteiger partial charge in [0.25, 0.3) is 0 Å². The third kappa shape index (κ3) is 25.8. The summed E-state index contributed by atoms with van der Waals surface area (Å²) in [5, 5.41) is 0. The summed E-state index contributed by atoms with van der Waals surface area (Å²) in [6.07, 6.45) is 39.7. The maximum atomic E-state index is 5.78. The van der Waals surface area contributed by atoms with Crippen molar-refractivity contribution in [2.75, 3.05) is 48.4 Å². The van der Waals surface area contributed by atoms with Crippen LogP contribution in [0.4, 0.5) is 0 Å². The van der Waals surface area contributed by atoms with E-state index in [2.05, 4.69) is 54.2 Å². The molecule has 0 saturated heterocycles. The number of quaternary nitrogens is 2. The Bertz CT molecular complexity index is 852. The maximum Gasteiger partial charge on any atom is 0.146 e. The van der Waals surface area contributed by atoms with Crippen molar-refractivity contribution in [3.63, 3.8) is 0 Å². The fourth-order valence-electron chi connectivity index (χ4n) is 7.39. The molecule has 48 heavy (non-hydrogen) atoms. The van der Waals surface area contributed by atoms with E-state index in [0.29, 0.717) is 0 Å². The van der Waals surface area contributed by atoms with Crippen molar-refractivity contribution in [2.45, 2.75) is 207 Å². The molecule has 4 heteroatoms. The van der Waals surface area contributed by atoms with Crippen LogP contribution in [-0.2, 0) is 13.1 Å². The Morgan fingerprint density at radius 1 is 0.438 bits per heavy atom. The largest absolute Gasteiger partial charge is 0.495 e. The van der Waals surface area contributed by atoms with Crippen molar-refractivity contribution in [3.8, 4) is 5.75 Å². The molecule has 0 fully saturated rings. The molecule has 0 bridgehead atoms. The summed E-state index contributed by atoms with van der Waals surface area (Å²) in [6.45, 7) is 8.95. The fraction of sp³-hybridized carbons (Fsp3) is 0.886. The smallest absolute Gasteiger partial charge is 0.146 e. The molecule has 1 rings (SSSR count). The van der Waals surface area contributed by atoms with E-state index >= 15 is 0 Å². The second-order valence-corrected chi connectivity index (χ2v) is 16.8. The predicted octanol–water partition coefficient (Wildman–Crippen LogP) is 13.2. The lowest BCUT2D eigenvalue weighted by Crippen LogP contribution is -2.41. The monoisotopic (exact) mass is 674 g/mol. The molecule has 0 atom stereocenters. The highest BCUT2D eigenvalue weighted by Gasteiger charge is 2.22. The summed E-state index contributed by atoms with van der Waals surface area (Å²) in [4.78, 5) is 5.19. The lowest BCUT2D eigenvalue weighted by Gasteiger charge is -2.31. The van der Waals surface area contributed by atoms with E-state index in [1.807, 2.05) is 0 Å². The van der Waals surface area contributed by atoms with Crippen LogP contribution in [0.1, 0.15) is 205 Å². The van der Waals surface area contributed by atoms with Gasteiger partial charge in [-0.15, -0.1) is 0 Å². The molecule has 282 valence electrons. The zero-order valence-electron chi connectivity index (χ0n) is 34.0. The summed E-state index contributed by atoms with van der Waals surface area (Å²) < 4.78 is 7.77. The first-order valence-electron chi connectivity index (χ1n) is 21.4. The van der Waals surface area contributed by atoms with Crippen LogP contribution in [0.2, 0.25) is 0 Å². The van der Waals surface area contributed by atoms with E-state index in [4.69, 9.17) is 9.72 Å². The first-order valence-corrected chi connectivity index (χ1v) is 21.4. The van der Waals surface area contributed by atoms with Crippen LogP contribution in [0, 0.1) is 0 Å². The number of aromatic nitrogens is 1. The van der Waals surface area contributed by atoms with Crippen molar-refractivity contribution < 1.29 is 13.7 Å². The van der Waals surface area contributed by atoms with Crippen LogP contribution in [0.3, 0.4) is 0 Å². The molecule has 1 aromatic rings. The zero-order valence-corrected chi connectivity index (χ0v) is 34.0. The van der Waals surface area contributed by atoms with Crippen molar-refractivity contribution in [3.05, 3.63) is 23.5 Å². The Balaban J connectivity index is 2.24. The third-order valence-corrected chi connectivity index (χ3v) is 10.6. The molecule has 0 spiro atoms. The molecule has 0 unspecified atom stereocenters. The maximum absolute atomic E-state index is 5.78. The summed E-state index contributed by atoms with van der Waals surface area (Å²) in [6, 6.07) is 4.36. The van der Waals surface area contributed by atoms with Crippen LogP contribution in [0.5, 0.6) is 5.75 Å². The van der Waals surface area contributed by atoms with Crippen LogP contribution in [0.15, 0.2) is 12.1 Å². The van der Waals surface area contributed by atoms with Gasteiger partial charge in [-0.1, -0.05) is 168 Å². The molecule has 0 amide bonds. The Morgan fingerprint density at radius 3 is 1.08 bits per heavy atom. The second kappa shape index (κ2) is 29.6. The normalized spacial score (nSPS) is 12.2. The van der Waals surface area contributed by atoms with Gasteiger partial charge in [0.15, 0.2) is 0 Å². The molecular formula is C44H87N3O+2. The summed E-state index contributed by atoms with van der Waals surface area (Å²) >= 11 is 0. The van der Waals surface area contributed by atoms with E-state index in [-0.39, 0.29) is 0 Å². The Morgan fingerprint density at radius 2 is 0.750 bits per heavy atom. The van der Waals surface area contributed by atoms with Crippen molar-refractivity contribution in [2.24, 2.45) is 0 Å². The molecule has 1 heterocycles. The molecule has 0 N–H and O–H groups in total. The molecular weight excluding hydrogens is 587 g/mol. The minimum Gasteiger partial charge on any atom is -0.495 e. The Labute approximate surface area is 302 Å². The molecule has 0 aliphatic heterocycles. The van der Waals surface area contributed by atoms with Crippen LogP contribution in [-0.4, -0.2) is 62.3 Å². The second-order valence-electron chi connectivity index (χ2n) is 16.8. The fourth-order valence-corrected chi connectivity index (χ4v) is 7.39. The minimum atomic E-state index is 0.932. The van der Waals surface area contributed by atoms with Crippen molar-refractivity contribution >= 4 is 0 Å². The quantitative estimate of drug-likeness (QED) is 0.0528. The van der Waals surface area contributed by atoms with Gasteiger partial charge in [-0.2, -0.15) is 0 Å². The van der Waals surface area contributed by atoms with Gasteiger partial charge < -0.3 is 13.7 Å². The average molecular weight is 674 g/mol. The SMILES string of the molecule is CCCCCCCCCCCCCCCC[N+](C)(C)Cc1ccc(OC)c(C[N+](C)(C)CCCCCCCCCCCCCCCC)n1. The van der Waals surface area contributed by atoms with E-state index in [9.17, 15) is 0 Å². The number of ether oxygens (including phenoxy) is 1. The van der Waals surface area contributed by atoms with E-state index in [1.165, 1.54) is 199 Å². The molecule has 1 aromatic heterocycles. The number of unbranched alkanes of at least 4 members (excludes halogenated alkanes) is 26. The molecule has 0 aromatic carbocycles. The van der Waals surface area contributed by atoms with Gasteiger partial charge in [0, 0.05) is 0 Å². The number of methoxy groups -OCH3 is 1. The van der Waals surface area contributed by atoms with Crippen molar-refractivity contribution in [1.29, 1.82) is 0 Å². The van der Waals surface area contributed by atoms with Gasteiger partial charge in [0.1, 0.15) is 24.5 Å². The number of hydrogen-bond donors (Lipinski definition) is 0. The van der Waals surface area contributed by atoms with Gasteiger partial charge in [-0.3, -0.25) is 0 Å². The Kier molecular flexibility index (Phi) is 27.7. The predicted molar refractivity (Wildman–Crippen MR) is 213 cm³/mol. The lowest BCUT2D eigenvalue weighted by atomic mass is 10.0. The van der Waals surface area contributed by atoms with E-state index < -0.39 is 0 Å². The number of rotatable bonds is 35. The van der Waals surface area contributed by atoms with Gasteiger partial charge >= 0.3 is 0 Å². The number of hydrogen-bond acceptors (Lipinski definition) is 2. The molecule has 0 saturated carbocycles. The standard InChI is InChI=1S/C44H87N3O/c1-8-10-12-14-16-18-20-22-24-26-28-30-32-34-38-46(3,4)40-42-36-37-44(48-7)43(45-42)41-47(5,6)39-35-33-31-29-27-25-23-21-19-17-15-13-11-9-2/h36-37H,8-35,38-41H2,1-7H3/q+2. The summed E-state index contributed by atoms with van der Waals surface area (Å²) in [5.74, 6) is 0.947. The summed E-state index contributed by atoms with van der Waals surface area (Å²) in [7, 11) is 11.3. The minimum absolute atomic E-state index is 0.932. The highest BCUT2D eigenvalue weighted by atomic mass is 16.5. The topological polar surface area (TPSA) is 22.1 Å². The van der Waals surface area contributed by atoms with Crippen molar-refractivity contribution in [1.82, 2.24) is 4.98 Å². The number of pyridine rings is 1. The molecule has 0 aliphatic carbocycles. The Hall–Kier alpha value is -1.13. The molecule has 0 aliphatic rings. The zero-order chi connectivity index (χ0) is 35.2. The van der Waals surface area contributed by atoms with Gasteiger partial charge in [0.05, 0.1) is 54.1 Å². The van der Waals surface area contributed by atoms with Crippen LogP contribution in [0.25, 0.3) is 0 Å². The lowest BCUT2D eigenvalue weighted by molar-refractivity contribution is -0.905. The number of nitrogens with zero attached hydrogens (tertiary/aromatic N) is 3. The first kappa shape index (κ1) is 44.9. The highest BCUT2D eigenvalue weighted by Crippen LogP contribution is 2.23. The first-order chi connectivity index (χ1) is 23.2. The average Bonchev–Trinajstić information content (AvgIpc) is 3.04. The van der Waals surface area contributed by atoms with Gasteiger partial charge in [0.2, 0.25) is 0 Å². The van der Waals surface area contributed by atoms with E-state index in [0.717, 1.165) is 33.5 Å². The van der Waals surface area contributed by atoms with Crippen LogP contribution < -0.4 is 4.74 Å². The molecule has 4 nitrogen and oxygen atoms in total.